The molecule has 0 aromatic heterocycles. The fraction of sp³-hybridized carbons (Fsp3) is 0.667. The Bertz CT molecular complexity index is 780. The number of fused-ring (bicyclic) bond motifs is 1. The van der Waals surface area contributed by atoms with E-state index in [-0.39, 0.29) is 30.7 Å². The minimum atomic E-state index is -0.970. The SMILES string of the molecule is CCC(=O)N1CCCN(C)CCCN(C(=O)C2CCCCC2)Cc2cc(F)c(F)cc21. The molecule has 1 saturated carbocycles. The minimum absolute atomic E-state index is 0.00140. The monoisotopic (exact) mass is 435 g/mol. The van der Waals surface area contributed by atoms with Crippen molar-refractivity contribution in [1.82, 2.24) is 9.80 Å². The first-order chi connectivity index (χ1) is 14.9. The maximum Gasteiger partial charge on any atom is 0.226 e. The van der Waals surface area contributed by atoms with Gasteiger partial charge in [-0.1, -0.05) is 26.2 Å². The zero-order valence-electron chi connectivity index (χ0n) is 18.8. The lowest BCUT2D eigenvalue weighted by Crippen LogP contribution is -2.40. The average Bonchev–Trinajstić information content (AvgIpc) is 2.77. The van der Waals surface area contributed by atoms with E-state index in [2.05, 4.69) is 4.90 Å². The second-order valence-corrected chi connectivity index (χ2v) is 8.90. The summed E-state index contributed by atoms with van der Waals surface area (Å²) in [5, 5.41) is 0. The van der Waals surface area contributed by atoms with Gasteiger partial charge in [0.05, 0.1) is 5.69 Å². The van der Waals surface area contributed by atoms with Crippen molar-refractivity contribution < 1.29 is 18.4 Å². The highest BCUT2D eigenvalue weighted by Gasteiger charge is 2.28. The van der Waals surface area contributed by atoms with Crippen LogP contribution in [0.5, 0.6) is 0 Å². The number of anilines is 1. The van der Waals surface area contributed by atoms with E-state index in [1.54, 1.807) is 16.7 Å². The normalized spacial score (nSPS) is 20.0. The van der Waals surface area contributed by atoms with Gasteiger partial charge in [0.2, 0.25) is 11.8 Å². The van der Waals surface area contributed by atoms with Gasteiger partial charge in [-0.25, -0.2) is 8.78 Å². The molecule has 1 heterocycles. The summed E-state index contributed by atoms with van der Waals surface area (Å²) in [4.78, 5) is 31.6. The number of benzene rings is 1. The molecule has 0 radical (unpaired) electrons. The van der Waals surface area contributed by atoms with Gasteiger partial charge < -0.3 is 14.7 Å². The summed E-state index contributed by atoms with van der Waals surface area (Å²) in [5.41, 5.74) is 0.884. The highest BCUT2D eigenvalue weighted by molar-refractivity contribution is 5.94. The predicted octanol–water partition coefficient (Wildman–Crippen LogP) is 4.34. The lowest BCUT2D eigenvalue weighted by atomic mass is 9.88. The summed E-state index contributed by atoms with van der Waals surface area (Å²) in [6, 6.07) is 2.29. The van der Waals surface area contributed by atoms with Crippen molar-refractivity contribution in [3.8, 4) is 0 Å². The molecule has 1 aromatic rings. The molecule has 31 heavy (non-hydrogen) atoms. The van der Waals surface area contributed by atoms with E-state index in [1.807, 2.05) is 7.05 Å². The molecule has 1 aliphatic carbocycles. The van der Waals surface area contributed by atoms with E-state index in [0.717, 1.165) is 64.1 Å². The molecule has 1 aliphatic heterocycles. The fourth-order valence-corrected chi connectivity index (χ4v) is 4.75. The van der Waals surface area contributed by atoms with Gasteiger partial charge in [-0.05, 0) is 57.5 Å². The first-order valence-electron chi connectivity index (χ1n) is 11.7. The smallest absolute Gasteiger partial charge is 0.226 e. The highest BCUT2D eigenvalue weighted by atomic mass is 19.2. The molecule has 0 saturated heterocycles. The summed E-state index contributed by atoms with van der Waals surface area (Å²) < 4.78 is 28.4. The highest BCUT2D eigenvalue weighted by Crippen LogP contribution is 2.30. The number of nitrogens with zero attached hydrogens (tertiary/aromatic N) is 3. The topological polar surface area (TPSA) is 43.9 Å². The molecular weight excluding hydrogens is 400 g/mol. The molecule has 172 valence electrons. The van der Waals surface area contributed by atoms with Crippen LogP contribution in [0.3, 0.4) is 0 Å². The number of halogens is 2. The molecular formula is C24H35F2N3O2. The molecule has 1 fully saturated rings. The van der Waals surface area contributed by atoms with Crippen LogP contribution in [0.1, 0.15) is 63.9 Å². The standard InChI is InChI=1S/C24H35F2N3O2/c1-3-23(30)29-14-8-12-27(2)11-7-13-28(24(31)18-9-5-4-6-10-18)17-19-15-20(25)21(26)16-22(19)29/h15-16,18H,3-14,17H2,1-2H3. The van der Waals surface area contributed by atoms with Crippen LogP contribution in [0.2, 0.25) is 0 Å². The second-order valence-electron chi connectivity index (χ2n) is 8.90. The second kappa shape index (κ2) is 11.0. The molecule has 2 amide bonds. The van der Waals surface area contributed by atoms with E-state index < -0.39 is 11.6 Å². The van der Waals surface area contributed by atoms with Gasteiger partial charge in [-0.2, -0.15) is 0 Å². The van der Waals surface area contributed by atoms with Gasteiger partial charge in [0, 0.05) is 38.0 Å². The summed E-state index contributed by atoms with van der Waals surface area (Å²) in [7, 11) is 2.04. The lowest BCUT2D eigenvalue weighted by molar-refractivity contribution is -0.137. The third-order valence-corrected chi connectivity index (χ3v) is 6.53. The number of hydrogen-bond acceptors (Lipinski definition) is 3. The summed E-state index contributed by atoms with van der Waals surface area (Å²) in [5.74, 6) is -1.94. The molecule has 0 spiro atoms. The molecule has 3 rings (SSSR count). The Balaban J connectivity index is 1.98. The van der Waals surface area contributed by atoms with Crippen molar-refractivity contribution >= 4 is 17.5 Å². The van der Waals surface area contributed by atoms with Crippen LogP contribution in [0.4, 0.5) is 14.5 Å². The minimum Gasteiger partial charge on any atom is -0.338 e. The number of carbonyl (C=O) groups excluding carboxylic acids is 2. The van der Waals surface area contributed by atoms with Crippen LogP contribution >= 0.6 is 0 Å². The maximum atomic E-state index is 14.2. The molecule has 0 bridgehead atoms. The largest absolute Gasteiger partial charge is 0.338 e. The molecule has 0 atom stereocenters. The van der Waals surface area contributed by atoms with Crippen LogP contribution in [0, 0.1) is 17.6 Å². The Kier molecular flexibility index (Phi) is 8.41. The van der Waals surface area contributed by atoms with E-state index in [1.165, 1.54) is 6.07 Å². The Morgan fingerprint density at radius 1 is 0.935 bits per heavy atom. The Labute approximate surface area is 184 Å². The van der Waals surface area contributed by atoms with Crippen molar-refractivity contribution in [2.24, 2.45) is 5.92 Å². The Morgan fingerprint density at radius 3 is 2.26 bits per heavy atom. The molecule has 7 heteroatoms. The van der Waals surface area contributed by atoms with Crippen LogP contribution in [-0.2, 0) is 16.1 Å². The summed E-state index contributed by atoms with van der Waals surface area (Å²) in [6.07, 6.45) is 6.90. The molecule has 0 N–H and O–H groups in total. The first-order valence-corrected chi connectivity index (χ1v) is 11.7. The third-order valence-electron chi connectivity index (χ3n) is 6.53. The average molecular weight is 436 g/mol. The molecule has 2 aliphatic rings. The first kappa shape index (κ1) is 23.6. The Morgan fingerprint density at radius 2 is 1.58 bits per heavy atom. The van der Waals surface area contributed by atoms with Gasteiger partial charge >= 0.3 is 0 Å². The van der Waals surface area contributed by atoms with E-state index in [0.29, 0.717) is 24.3 Å². The predicted molar refractivity (Wildman–Crippen MR) is 118 cm³/mol. The van der Waals surface area contributed by atoms with Crippen LogP contribution < -0.4 is 4.90 Å². The zero-order valence-corrected chi connectivity index (χ0v) is 18.8. The summed E-state index contributed by atoms with van der Waals surface area (Å²) in [6.45, 7) is 4.61. The van der Waals surface area contributed by atoms with E-state index in [4.69, 9.17) is 0 Å². The summed E-state index contributed by atoms with van der Waals surface area (Å²) >= 11 is 0. The van der Waals surface area contributed by atoms with Crippen LogP contribution in [0.25, 0.3) is 0 Å². The third kappa shape index (κ3) is 6.03. The van der Waals surface area contributed by atoms with Crippen molar-refractivity contribution in [1.29, 1.82) is 0 Å². The number of hydrogen-bond donors (Lipinski definition) is 0. The lowest BCUT2D eigenvalue weighted by Gasteiger charge is -2.33. The van der Waals surface area contributed by atoms with Crippen LogP contribution in [0.15, 0.2) is 12.1 Å². The van der Waals surface area contributed by atoms with Gasteiger partial charge in [0.1, 0.15) is 0 Å². The van der Waals surface area contributed by atoms with Crippen molar-refractivity contribution in [2.75, 3.05) is 38.1 Å². The molecule has 1 aromatic carbocycles. The van der Waals surface area contributed by atoms with E-state index in [9.17, 15) is 18.4 Å². The fourth-order valence-electron chi connectivity index (χ4n) is 4.75. The zero-order chi connectivity index (χ0) is 22.4. The molecule has 5 nitrogen and oxygen atoms in total. The van der Waals surface area contributed by atoms with Gasteiger partial charge in [-0.15, -0.1) is 0 Å². The van der Waals surface area contributed by atoms with Crippen molar-refractivity contribution in [3.63, 3.8) is 0 Å². The van der Waals surface area contributed by atoms with Crippen molar-refractivity contribution in [3.05, 3.63) is 29.3 Å². The van der Waals surface area contributed by atoms with Gasteiger partial charge in [-0.3, -0.25) is 9.59 Å². The van der Waals surface area contributed by atoms with Gasteiger partial charge in [0.25, 0.3) is 0 Å². The van der Waals surface area contributed by atoms with E-state index >= 15 is 0 Å². The number of carbonyl (C=O) groups is 2. The molecule has 0 unspecified atom stereocenters. The Hall–Kier alpha value is -2.02. The van der Waals surface area contributed by atoms with Crippen molar-refractivity contribution in [2.45, 2.75) is 64.8 Å². The number of rotatable bonds is 2. The maximum absolute atomic E-state index is 14.2. The number of amides is 2. The quantitative estimate of drug-likeness (QED) is 0.694. The van der Waals surface area contributed by atoms with Gasteiger partial charge in [0.15, 0.2) is 11.6 Å². The van der Waals surface area contributed by atoms with Crippen LogP contribution in [-0.4, -0.2) is 54.8 Å².